The van der Waals surface area contributed by atoms with E-state index in [1.54, 1.807) is 24.3 Å². The molecule has 1 aromatic heterocycles. The first-order valence-corrected chi connectivity index (χ1v) is 13.5. The second kappa shape index (κ2) is 13.7. The lowest BCUT2D eigenvalue weighted by Gasteiger charge is -2.12. The van der Waals surface area contributed by atoms with Crippen LogP contribution in [0, 0.1) is 0 Å². The molecule has 4 aromatic rings. The van der Waals surface area contributed by atoms with Crippen molar-refractivity contribution in [1.29, 1.82) is 0 Å². The molecule has 0 bridgehead atoms. The molecule has 0 unspecified atom stereocenters. The van der Waals surface area contributed by atoms with E-state index in [-0.39, 0.29) is 11.7 Å². The largest absolute Gasteiger partial charge is 0.494 e. The fourth-order valence-corrected chi connectivity index (χ4v) is 4.63. The van der Waals surface area contributed by atoms with Crippen LogP contribution in [-0.2, 0) is 4.79 Å². The van der Waals surface area contributed by atoms with Crippen molar-refractivity contribution >= 4 is 35.5 Å². The number of carbonyl (C=O) groups is 1. The zero-order valence-electron chi connectivity index (χ0n) is 22.4. The van der Waals surface area contributed by atoms with Crippen LogP contribution in [0.3, 0.4) is 0 Å². The number of nitrogens with one attached hydrogen (secondary N) is 1. The van der Waals surface area contributed by atoms with E-state index in [2.05, 4.69) is 20.7 Å². The molecular formula is C28H28ClN5O5S. The zero-order valence-corrected chi connectivity index (χ0v) is 24.0. The van der Waals surface area contributed by atoms with Crippen molar-refractivity contribution in [3.63, 3.8) is 0 Å². The highest BCUT2D eigenvalue weighted by Gasteiger charge is 2.18. The van der Waals surface area contributed by atoms with Crippen LogP contribution in [0.2, 0.25) is 5.02 Å². The highest BCUT2D eigenvalue weighted by molar-refractivity contribution is 7.99. The van der Waals surface area contributed by atoms with Crippen LogP contribution in [0.25, 0.3) is 17.1 Å². The number of methoxy groups -OCH3 is 3. The molecule has 1 amide bonds. The number of hydrogen-bond acceptors (Lipinski definition) is 9. The molecule has 0 fully saturated rings. The Morgan fingerprint density at radius 3 is 2.27 bits per heavy atom. The van der Waals surface area contributed by atoms with E-state index < -0.39 is 0 Å². The van der Waals surface area contributed by atoms with Crippen LogP contribution in [0.4, 0.5) is 0 Å². The van der Waals surface area contributed by atoms with Gasteiger partial charge >= 0.3 is 0 Å². The first-order valence-electron chi connectivity index (χ1n) is 12.2. The summed E-state index contributed by atoms with van der Waals surface area (Å²) in [4.78, 5) is 12.6. The van der Waals surface area contributed by atoms with E-state index in [0.717, 1.165) is 17.0 Å². The molecule has 4 rings (SSSR count). The second-order valence-electron chi connectivity index (χ2n) is 8.12. The third kappa shape index (κ3) is 6.85. The number of hydrogen-bond donors (Lipinski definition) is 1. The lowest BCUT2D eigenvalue weighted by molar-refractivity contribution is -0.118. The van der Waals surface area contributed by atoms with Crippen LogP contribution in [0.15, 0.2) is 70.9 Å². The van der Waals surface area contributed by atoms with Gasteiger partial charge in [0, 0.05) is 21.8 Å². The topological polar surface area (TPSA) is 109 Å². The van der Waals surface area contributed by atoms with Crippen LogP contribution >= 0.6 is 23.4 Å². The Labute approximate surface area is 241 Å². The van der Waals surface area contributed by atoms with Gasteiger partial charge in [-0.25, -0.2) is 5.43 Å². The number of hydrazone groups is 1. The predicted octanol–water partition coefficient (Wildman–Crippen LogP) is 5.25. The molecule has 0 aliphatic rings. The lowest BCUT2D eigenvalue weighted by Crippen LogP contribution is -2.20. The van der Waals surface area contributed by atoms with Crippen molar-refractivity contribution in [3.05, 3.63) is 71.2 Å². The molecular weight excluding hydrogens is 554 g/mol. The molecule has 10 nitrogen and oxygen atoms in total. The Morgan fingerprint density at radius 1 is 1.00 bits per heavy atom. The quantitative estimate of drug-likeness (QED) is 0.137. The average Bonchev–Trinajstić information content (AvgIpc) is 3.40. The number of aromatic nitrogens is 3. The van der Waals surface area contributed by atoms with Gasteiger partial charge in [-0.05, 0) is 67.6 Å². The van der Waals surface area contributed by atoms with E-state index in [1.165, 1.54) is 39.3 Å². The molecule has 0 aliphatic carbocycles. The first-order chi connectivity index (χ1) is 19.5. The van der Waals surface area contributed by atoms with Gasteiger partial charge in [-0.2, -0.15) is 5.10 Å². The minimum absolute atomic E-state index is 0.0579. The predicted molar refractivity (Wildman–Crippen MR) is 156 cm³/mol. The number of thioether (sulfide) groups is 1. The van der Waals surface area contributed by atoms with Gasteiger partial charge < -0.3 is 18.9 Å². The number of rotatable bonds is 12. The summed E-state index contributed by atoms with van der Waals surface area (Å²) in [7, 11) is 4.59. The maximum Gasteiger partial charge on any atom is 0.250 e. The van der Waals surface area contributed by atoms with Gasteiger partial charge in [-0.3, -0.25) is 9.36 Å². The molecule has 0 saturated carbocycles. The minimum atomic E-state index is -0.317. The van der Waals surface area contributed by atoms with E-state index in [4.69, 9.17) is 30.5 Å². The summed E-state index contributed by atoms with van der Waals surface area (Å²) in [6, 6.07) is 18.4. The van der Waals surface area contributed by atoms with Gasteiger partial charge in [0.1, 0.15) is 5.75 Å². The van der Waals surface area contributed by atoms with Gasteiger partial charge in [0.15, 0.2) is 22.5 Å². The molecule has 0 spiro atoms. The number of ether oxygens (including phenoxy) is 4. The minimum Gasteiger partial charge on any atom is -0.494 e. The van der Waals surface area contributed by atoms with Crippen LogP contribution in [0.1, 0.15) is 12.5 Å². The van der Waals surface area contributed by atoms with Crippen LogP contribution in [-0.4, -0.2) is 60.6 Å². The molecule has 0 aliphatic heterocycles. The fraction of sp³-hybridized carbons (Fsp3) is 0.214. The van der Waals surface area contributed by atoms with E-state index >= 15 is 0 Å². The number of amides is 1. The van der Waals surface area contributed by atoms with E-state index in [9.17, 15) is 4.79 Å². The van der Waals surface area contributed by atoms with Gasteiger partial charge in [0.2, 0.25) is 5.75 Å². The Hall–Kier alpha value is -4.22. The summed E-state index contributed by atoms with van der Waals surface area (Å²) in [6.45, 7) is 2.50. The zero-order chi connectivity index (χ0) is 28.5. The van der Waals surface area contributed by atoms with Crippen molar-refractivity contribution in [2.45, 2.75) is 12.1 Å². The number of benzene rings is 3. The maximum absolute atomic E-state index is 12.6. The molecule has 1 heterocycles. The van der Waals surface area contributed by atoms with Crippen molar-refractivity contribution in [3.8, 4) is 40.1 Å². The SMILES string of the molecule is CCOc1ccc(-n2c(SCC(=O)N/N=C/c3cc(OC)c(OC)c(OC)c3)nnc2-c2ccc(Cl)cc2)cc1. The summed E-state index contributed by atoms with van der Waals surface area (Å²) in [5.74, 6) is 2.54. The maximum atomic E-state index is 12.6. The summed E-state index contributed by atoms with van der Waals surface area (Å²) < 4.78 is 23.5. The highest BCUT2D eigenvalue weighted by Crippen LogP contribution is 2.37. The van der Waals surface area contributed by atoms with Crippen molar-refractivity contribution in [2.75, 3.05) is 33.7 Å². The molecule has 0 radical (unpaired) electrons. The van der Waals surface area contributed by atoms with Gasteiger partial charge in [-0.1, -0.05) is 23.4 Å². The Kier molecular flexibility index (Phi) is 9.87. The second-order valence-corrected chi connectivity index (χ2v) is 9.49. The summed E-state index contributed by atoms with van der Waals surface area (Å²) in [5.41, 5.74) is 4.85. The number of halogens is 1. The van der Waals surface area contributed by atoms with Gasteiger partial charge in [0.05, 0.1) is 39.9 Å². The average molecular weight is 582 g/mol. The Balaban J connectivity index is 1.50. The van der Waals surface area contributed by atoms with E-state index in [1.807, 2.05) is 47.9 Å². The smallest absolute Gasteiger partial charge is 0.250 e. The fourth-order valence-electron chi connectivity index (χ4n) is 3.76. The Morgan fingerprint density at radius 2 is 1.68 bits per heavy atom. The molecule has 0 saturated heterocycles. The monoisotopic (exact) mass is 581 g/mol. The van der Waals surface area contributed by atoms with Crippen molar-refractivity contribution in [1.82, 2.24) is 20.2 Å². The van der Waals surface area contributed by atoms with Crippen molar-refractivity contribution < 1.29 is 23.7 Å². The molecule has 40 heavy (non-hydrogen) atoms. The van der Waals surface area contributed by atoms with Crippen LogP contribution in [0.5, 0.6) is 23.0 Å². The van der Waals surface area contributed by atoms with Gasteiger partial charge in [0.25, 0.3) is 5.91 Å². The highest BCUT2D eigenvalue weighted by atomic mass is 35.5. The summed E-state index contributed by atoms with van der Waals surface area (Å²) in [5, 5.41) is 14.0. The summed E-state index contributed by atoms with van der Waals surface area (Å²) in [6.07, 6.45) is 1.49. The molecule has 3 aromatic carbocycles. The molecule has 208 valence electrons. The van der Waals surface area contributed by atoms with Gasteiger partial charge in [-0.15, -0.1) is 10.2 Å². The van der Waals surface area contributed by atoms with Crippen molar-refractivity contribution in [2.24, 2.45) is 5.10 Å². The molecule has 12 heteroatoms. The molecule has 0 atom stereocenters. The summed E-state index contributed by atoms with van der Waals surface area (Å²) >= 11 is 7.32. The standard InChI is InChI=1S/C28H28ClN5O5S/c1-5-39-22-12-10-21(11-13-22)34-27(19-6-8-20(29)9-7-19)32-33-28(34)40-17-25(35)31-30-16-18-14-23(36-2)26(38-4)24(15-18)37-3/h6-16H,5,17H2,1-4H3,(H,31,35)/b30-16+. The third-order valence-corrected chi connectivity index (χ3v) is 6.74. The molecule has 1 N–H and O–H groups in total. The number of nitrogens with zero attached hydrogens (tertiary/aromatic N) is 4. The first kappa shape index (κ1) is 28.8. The Bertz CT molecular complexity index is 1450. The lowest BCUT2D eigenvalue weighted by atomic mass is 10.2. The van der Waals surface area contributed by atoms with E-state index in [0.29, 0.717) is 45.4 Å². The normalized spacial score (nSPS) is 10.9. The third-order valence-electron chi connectivity index (χ3n) is 5.56. The number of carbonyl (C=O) groups excluding carboxylic acids is 1. The van der Waals surface area contributed by atoms with Crippen LogP contribution < -0.4 is 24.4 Å².